The number of rotatable bonds is 6. The van der Waals surface area contributed by atoms with Gasteiger partial charge in [-0.1, -0.05) is 18.2 Å². The molecule has 1 aliphatic heterocycles. The highest BCUT2D eigenvalue weighted by molar-refractivity contribution is 6.12. The quantitative estimate of drug-likeness (QED) is 0.480. The summed E-state index contributed by atoms with van der Waals surface area (Å²) in [5.74, 6) is -3.10. The minimum atomic E-state index is -0.754. The Morgan fingerprint density at radius 3 is 2.56 bits per heavy atom. The van der Waals surface area contributed by atoms with Crippen LogP contribution in [0.4, 0.5) is 10.1 Å². The predicted molar refractivity (Wildman–Crippen MR) is 121 cm³/mol. The van der Waals surface area contributed by atoms with Crippen molar-refractivity contribution >= 4 is 40.3 Å². The lowest BCUT2D eigenvalue weighted by molar-refractivity contribution is -0.119. The summed E-state index contributed by atoms with van der Waals surface area (Å²) in [6.07, 6.45) is -0.831. The van der Waals surface area contributed by atoms with Gasteiger partial charge >= 0.3 is 5.97 Å². The number of ether oxygens (including phenoxy) is 1. The van der Waals surface area contributed by atoms with E-state index in [1.54, 1.807) is 30.3 Å². The number of nitrogens with one attached hydrogen (secondary N) is 2. The molecule has 10 heteroatoms. The van der Waals surface area contributed by atoms with Crippen molar-refractivity contribution in [2.24, 2.45) is 11.7 Å². The second-order valence-electron chi connectivity index (χ2n) is 8.20. The zero-order chi connectivity index (χ0) is 24.4. The van der Waals surface area contributed by atoms with Gasteiger partial charge in [0.15, 0.2) is 0 Å². The Morgan fingerprint density at radius 1 is 1.15 bits per heavy atom. The van der Waals surface area contributed by atoms with E-state index in [2.05, 4.69) is 10.3 Å². The number of benzene rings is 2. The first-order valence-electron chi connectivity index (χ1n) is 10.7. The van der Waals surface area contributed by atoms with Gasteiger partial charge in [-0.2, -0.15) is 0 Å². The lowest BCUT2D eigenvalue weighted by atomic mass is 10.0. The normalized spacial score (nSPS) is 17.5. The maximum Gasteiger partial charge on any atom is 0.338 e. The van der Waals surface area contributed by atoms with E-state index in [1.165, 1.54) is 30.0 Å². The molecule has 3 aromatic rings. The second-order valence-corrected chi connectivity index (χ2v) is 8.20. The number of fused-ring (bicyclic) bond motifs is 1. The standard InChI is InChI=1S/C24H23FN4O5/c1-13(30)27-21-17-10-16(25)7-8-18(17)28-22(21)23(32)29-11-15(9-20(26)31)19(12-29)34-24(33)14-5-3-2-4-6-14/h2-8,10,15,19,28H,9,11-12H2,1H3,(H2,26,31)(H,27,30)/t15-,19+/m0/s1. The molecule has 0 bridgehead atoms. The van der Waals surface area contributed by atoms with Gasteiger partial charge in [-0.15, -0.1) is 0 Å². The van der Waals surface area contributed by atoms with Gasteiger partial charge in [0.05, 0.1) is 17.8 Å². The number of primary amides is 1. The number of aromatic amines is 1. The van der Waals surface area contributed by atoms with Crippen LogP contribution in [-0.2, 0) is 14.3 Å². The van der Waals surface area contributed by atoms with E-state index in [1.807, 2.05) is 0 Å². The van der Waals surface area contributed by atoms with Crippen LogP contribution in [0.5, 0.6) is 0 Å². The van der Waals surface area contributed by atoms with Crippen LogP contribution in [0.25, 0.3) is 10.9 Å². The van der Waals surface area contributed by atoms with Crippen LogP contribution in [-0.4, -0.2) is 52.8 Å². The Bertz CT molecular complexity index is 1270. The lowest BCUT2D eigenvalue weighted by Gasteiger charge is -2.17. The Kier molecular flexibility index (Phi) is 6.31. The van der Waals surface area contributed by atoms with E-state index in [-0.39, 0.29) is 30.9 Å². The van der Waals surface area contributed by atoms with Crippen molar-refractivity contribution < 1.29 is 28.3 Å². The van der Waals surface area contributed by atoms with Gasteiger partial charge in [0.2, 0.25) is 11.8 Å². The number of likely N-dealkylation sites (tertiary alicyclic amines) is 1. The molecule has 1 saturated heterocycles. The SMILES string of the molecule is CC(=O)Nc1c(C(=O)N2C[C@H](CC(N)=O)[C@H](OC(=O)c3ccccc3)C2)[nH]c2ccc(F)cc12. The van der Waals surface area contributed by atoms with Crippen molar-refractivity contribution in [1.29, 1.82) is 0 Å². The summed E-state index contributed by atoms with van der Waals surface area (Å²) in [4.78, 5) is 53.7. The first kappa shape index (κ1) is 23.0. The number of aromatic nitrogens is 1. The molecule has 4 rings (SSSR count). The third kappa shape index (κ3) is 4.75. The number of H-pyrrole nitrogens is 1. The molecule has 34 heavy (non-hydrogen) atoms. The molecule has 1 aromatic heterocycles. The molecule has 3 amide bonds. The van der Waals surface area contributed by atoms with Gasteiger partial charge < -0.3 is 25.7 Å². The van der Waals surface area contributed by atoms with Crippen LogP contribution < -0.4 is 11.1 Å². The van der Waals surface area contributed by atoms with Gasteiger partial charge in [0.25, 0.3) is 5.91 Å². The van der Waals surface area contributed by atoms with E-state index < -0.39 is 41.5 Å². The Labute approximate surface area is 194 Å². The van der Waals surface area contributed by atoms with Crippen molar-refractivity contribution in [3.05, 3.63) is 65.6 Å². The zero-order valence-corrected chi connectivity index (χ0v) is 18.3. The van der Waals surface area contributed by atoms with Gasteiger partial charge in [0, 0.05) is 36.7 Å². The molecule has 1 aliphatic rings. The van der Waals surface area contributed by atoms with Crippen molar-refractivity contribution in [1.82, 2.24) is 9.88 Å². The molecule has 0 radical (unpaired) electrons. The minimum absolute atomic E-state index is 0.0264. The average Bonchev–Trinajstić information content (AvgIpc) is 3.34. The maximum atomic E-state index is 13.8. The molecule has 176 valence electrons. The summed E-state index contributed by atoms with van der Waals surface area (Å²) in [6.45, 7) is 1.42. The summed E-state index contributed by atoms with van der Waals surface area (Å²) < 4.78 is 19.5. The monoisotopic (exact) mass is 466 g/mol. The first-order valence-corrected chi connectivity index (χ1v) is 10.7. The van der Waals surface area contributed by atoms with Crippen molar-refractivity contribution in [2.75, 3.05) is 18.4 Å². The number of carbonyl (C=O) groups is 4. The fraction of sp³-hybridized carbons (Fsp3) is 0.250. The lowest BCUT2D eigenvalue weighted by Crippen LogP contribution is -2.31. The molecule has 2 aromatic carbocycles. The zero-order valence-electron chi connectivity index (χ0n) is 18.3. The molecule has 0 unspecified atom stereocenters. The van der Waals surface area contributed by atoms with Crippen LogP contribution in [0.3, 0.4) is 0 Å². The van der Waals surface area contributed by atoms with E-state index in [4.69, 9.17) is 10.5 Å². The molecule has 2 atom stereocenters. The number of nitrogens with two attached hydrogens (primary N) is 1. The fourth-order valence-corrected chi connectivity index (χ4v) is 4.16. The molecular weight excluding hydrogens is 443 g/mol. The molecular formula is C24H23FN4O5. The number of halogens is 1. The van der Waals surface area contributed by atoms with E-state index >= 15 is 0 Å². The van der Waals surface area contributed by atoms with Crippen LogP contribution in [0.1, 0.15) is 34.2 Å². The maximum absolute atomic E-state index is 13.8. The van der Waals surface area contributed by atoms with Gasteiger partial charge in [-0.05, 0) is 30.3 Å². The van der Waals surface area contributed by atoms with Crippen LogP contribution in [0.15, 0.2) is 48.5 Å². The molecule has 1 fully saturated rings. The van der Waals surface area contributed by atoms with E-state index in [0.29, 0.717) is 16.5 Å². The summed E-state index contributed by atoms with van der Waals surface area (Å²) >= 11 is 0. The van der Waals surface area contributed by atoms with Gasteiger partial charge in [-0.3, -0.25) is 14.4 Å². The molecule has 0 aliphatic carbocycles. The number of nitrogens with zero attached hydrogens (tertiary/aromatic N) is 1. The second kappa shape index (κ2) is 9.34. The molecule has 0 saturated carbocycles. The van der Waals surface area contributed by atoms with E-state index in [0.717, 1.165) is 0 Å². The van der Waals surface area contributed by atoms with Crippen molar-refractivity contribution in [3.8, 4) is 0 Å². The molecule has 9 nitrogen and oxygen atoms in total. The Hall–Kier alpha value is -4.21. The van der Waals surface area contributed by atoms with Crippen molar-refractivity contribution in [2.45, 2.75) is 19.4 Å². The third-order valence-corrected chi connectivity index (χ3v) is 5.68. The number of hydrogen-bond donors (Lipinski definition) is 3. The Morgan fingerprint density at radius 2 is 1.88 bits per heavy atom. The average molecular weight is 466 g/mol. The summed E-state index contributed by atoms with van der Waals surface area (Å²) in [6, 6.07) is 12.3. The van der Waals surface area contributed by atoms with Crippen LogP contribution >= 0.6 is 0 Å². The third-order valence-electron chi connectivity index (χ3n) is 5.68. The summed E-state index contributed by atoms with van der Waals surface area (Å²) in [7, 11) is 0. The van der Waals surface area contributed by atoms with Crippen LogP contribution in [0, 0.1) is 11.7 Å². The largest absolute Gasteiger partial charge is 0.457 e. The smallest absolute Gasteiger partial charge is 0.338 e. The number of hydrogen-bond acceptors (Lipinski definition) is 5. The summed E-state index contributed by atoms with van der Waals surface area (Å²) in [5, 5.41) is 2.94. The highest BCUT2D eigenvalue weighted by atomic mass is 19.1. The number of anilines is 1. The highest BCUT2D eigenvalue weighted by Gasteiger charge is 2.40. The van der Waals surface area contributed by atoms with Gasteiger partial charge in [0.1, 0.15) is 17.6 Å². The number of carbonyl (C=O) groups excluding carboxylic acids is 4. The predicted octanol–water partition coefficient (Wildman–Crippen LogP) is 2.44. The number of amides is 3. The fourth-order valence-electron chi connectivity index (χ4n) is 4.16. The highest BCUT2D eigenvalue weighted by Crippen LogP contribution is 2.32. The molecule has 0 spiro atoms. The molecule has 4 N–H and O–H groups in total. The first-order chi connectivity index (χ1) is 16.2. The van der Waals surface area contributed by atoms with Crippen LogP contribution in [0.2, 0.25) is 0 Å². The van der Waals surface area contributed by atoms with Gasteiger partial charge in [-0.25, -0.2) is 9.18 Å². The Balaban J connectivity index is 1.62. The topological polar surface area (TPSA) is 135 Å². The minimum Gasteiger partial charge on any atom is -0.457 e. The molecule has 2 heterocycles. The number of esters is 1. The van der Waals surface area contributed by atoms with E-state index in [9.17, 15) is 23.6 Å². The summed E-state index contributed by atoms with van der Waals surface area (Å²) in [5.41, 5.74) is 6.41. The van der Waals surface area contributed by atoms with Crippen molar-refractivity contribution in [3.63, 3.8) is 0 Å².